The van der Waals surface area contributed by atoms with Crippen LogP contribution in [0.4, 0.5) is 26.4 Å². The number of imide groups is 1. The van der Waals surface area contributed by atoms with Crippen LogP contribution in [-0.4, -0.2) is 99.5 Å². The summed E-state index contributed by atoms with van der Waals surface area (Å²) >= 11 is 0. The Kier molecular flexibility index (Phi) is 11.9. The van der Waals surface area contributed by atoms with Crippen molar-refractivity contribution in [2.24, 2.45) is 7.05 Å². The van der Waals surface area contributed by atoms with Crippen molar-refractivity contribution in [1.82, 2.24) is 34.5 Å². The number of anilines is 3. The molecule has 2 unspecified atom stereocenters. The first-order valence-electron chi connectivity index (χ1n) is 23.1. The molecule has 344 valence electrons. The number of rotatable bonds is 11. The molecule has 0 spiro atoms. The lowest BCUT2D eigenvalue weighted by molar-refractivity contribution is -0.134. The smallest absolute Gasteiger partial charge is 0.353 e. The second-order valence-corrected chi connectivity index (χ2v) is 17.8. The van der Waals surface area contributed by atoms with Crippen molar-refractivity contribution in [1.29, 1.82) is 0 Å². The fourth-order valence-electron chi connectivity index (χ4n) is 10.6. The van der Waals surface area contributed by atoms with Gasteiger partial charge in [0.25, 0.3) is 0 Å². The molecule has 0 saturated carbocycles. The van der Waals surface area contributed by atoms with Gasteiger partial charge in [-0.15, -0.1) is 5.10 Å². The van der Waals surface area contributed by atoms with Gasteiger partial charge in [0.1, 0.15) is 11.6 Å². The van der Waals surface area contributed by atoms with Crippen molar-refractivity contribution in [3.8, 4) is 34.0 Å². The molecule has 4 aliphatic rings. The number of pyridine rings is 2. The van der Waals surface area contributed by atoms with Gasteiger partial charge in [0.05, 0.1) is 30.6 Å². The molecule has 10 rings (SSSR count). The zero-order valence-electron chi connectivity index (χ0n) is 37.9. The Labute approximate surface area is 387 Å². The molecular weight excluding hydrogens is 852 g/mol. The molecule has 4 fully saturated rings. The molecule has 15 nitrogen and oxygen atoms in total. The summed E-state index contributed by atoms with van der Waals surface area (Å²) in [5, 5.41) is 6.67. The van der Waals surface area contributed by atoms with Gasteiger partial charge in [0.2, 0.25) is 11.8 Å². The quantitative estimate of drug-likeness (QED) is 0.137. The van der Waals surface area contributed by atoms with E-state index in [-0.39, 0.29) is 47.7 Å². The molecule has 4 amide bonds. The Hall–Kier alpha value is -7.20. The van der Waals surface area contributed by atoms with Gasteiger partial charge in [-0.2, -0.15) is 0 Å². The first kappa shape index (κ1) is 43.7. The third-order valence-electron chi connectivity index (χ3n) is 14.1. The molecule has 7 heterocycles. The lowest BCUT2D eigenvalue weighted by Crippen LogP contribution is -2.44. The zero-order chi connectivity index (χ0) is 46.3. The number of aryl methyl sites for hydroxylation is 1. The Balaban J connectivity index is 0.878. The van der Waals surface area contributed by atoms with Crippen LogP contribution >= 0.6 is 0 Å². The predicted molar refractivity (Wildman–Crippen MR) is 253 cm³/mol. The second kappa shape index (κ2) is 18.2. The maximum Gasteiger partial charge on any atom is 0.353 e. The van der Waals surface area contributed by atoms with Crippen molar-refractivity contribution >= 4 is 35.0 Å². The maximum atomic E-state index is 15.6. The highest BCUT2D eigenvalue weighted by molar-refractivity contribution is 6.06. The van der Waals surface area contributed by atoms with E-state index < -0.39 is 5.92 Å². The Morgan fingerprint density at radius 3 is 2.31 bits per heavy atom. The minimum atomic E-state index is -0.504. The van der Waals surface area contributed by atoms with Gasteiger partial charge in [-0.3, -0.25) is 34.6 Å². The monoisotopic (exact) mass is 904 g/mol. The van der Waals surface area contributed by atoms with Crippen LogP contribution in [0.3, 0.4) is 0 Å². The standard InChI is InChI=1S/C51H53FN10O5/c1-4-39-43(17-22-54-47(39)61-27-26-60(51(61)66)38-6-5-21-53-30-38)42-14-12-37(62-49(67-3)56-57(2)50(62)65)29-44(42)32-7-10-35(11-8-32)58-24-19-36(20-25-58)59-23-18-34(31-59)40-13-9-33(28-45(40)52)41-15-16-46(63)55-48(41)64/h5-14,17,21-22,28-30,34,36,41H,4,15-16,18-20,23-27,31H2,1-3H3,(H,55,63,64). The third-order valence-corrected chi connectivity index (χ3v) is 14.1. The van der Waals surface area contributed by atoms with E-state index in [0.29, 0.717) is 54.6 Å². The number of hydrogen-bond donors (Lipinski definition) is 1. The number of urea groups is 1. The van der Waals surface area contributed by atoms with Gasteiger partial charge in [-0.1, -0.05) is 37.3 Å². The van der Waals surface area contributed by atoms with Gasteiger partial charge < -0.3 is 9.64 Å². The molecule has 67 heavy (non-hydrogen) atoms. The highest BCUT2D eigenvalue weighted by atomic mass is 19.1. The average molecular weight is 905 g/mol. The van der Waals surface area contributed by atoms with Gasteiger partial charge in [-0.05, 0) is 121 Å². The summed E-state index contributed by atoms with van der Waals surface area (Å²) in [6, 6.07) is 25.8. The van der Waals surface area contributed by atoms with Gasteiger partial charge in [-0.25, -0.2) is 28.2 Å². The van der Waals surface area contributed by atoms with Crippen molar-refractivity contribution in [2.75, 3.05) is 61.1 Å². The van der Waals surface area contributed by atoms with E-state index in [9.17, 15) is 19.2 Å². The van der Waals surface area contributed by atoms with Crippen LogP contribution in [0.25, 0.3) is 27.9 Å². The van der Waals surface area contributed by atoms with Crippen molar-refractivity contribution < 1.29 is 23.5 Å². The van der Waals surface area contributed by atoms with Crippen LogP contribution in [0.2, 0.25) is 0 Å². The largest absolute Gasteiger partial charge is 0.467 e. The number of piperidine rings is 2. The SMILES string of the molecule is CCc1c(-c2ccc(-n3c(OC)nn(C)c3=O)cc2-c2ccc(N3CCC(N4CCC(c5ccc(C6CCC(=O)NC6=O)cc5F)C4)CC3)cc2)ccnc1N1CCN(c2cccnc2)C1=O. The van der Waals surface area contributed by atoms with E-state index in [2.05, 4.69) is 56.4 Å². The molecule has 1 N–H and O–H groups in total. The number of halogens is 1. The molecule has 0 radical (unpaired) electrons. The van der Waals surface area contributed by atoms with Crippen molar-refractivity contribution in [2.45, 2.75) is 63.3 Å². The normalized spacial score (nSPS) is 19.4. The number of nitrogens with one attached hydrogen (secondary N) is 1. The van der Waals surface area contributed by atoms with E-state index in [1.54, 1.807) is 35.4 Å². The number of benzene rings is 3. The molecule has 3 aromatic carbocycles. The number of carbonyl (C=O) groups excluding carboxylic acids is 3. The molecule has 6 aromatic rings. The van der Waals surface area contributed by atoms with Crippen LogP contribution in [0, 0.1) is 5.82 Å². The lowest BCUT2D eigenvalue weighted by Gasteiger charge is -2.38. The first-order chi connectivity index (χ1) is 32.6. The van der Waals surface area contributed by atoms with Gasteiger partial charge in [0, 0.05) is 81.8 Å². The molecule has 0 aliphatic carbocycles. The Bertz CT molecular complexity index is 2910. The minimum Gasteiger partial charge on any atom is -0.467 e. The fraction of sp³-hybridized carbons (Fsp3) is 0.353. The van der Waals surface area contributed by atoms with Crippen molar-refractivity contribution in [3.63, 3.8) is 0 Å². The number of hydrogen-bond acceptors (Lipinski definition) is 10. The van der Waals surface area contributed by atoms with E-state index in [4.69, 9.17) is 9.72 Å². The van der Waals surface area contributed by atoms with Crippen LogP contribution in [-0.2, 0) is 23.1 Å². The van der Waals surface area contributed by atoms with Crippen LogP contribution in [0.15, 0.2) is 102 Å². The second-order valence-electron chi connectivity index (χ2n) is 17.8. The fourth-order valence-corrected chi connectivity index (χ4v) is 10.6. The first-order valence-corrected chi connectivity index (χ1v) is 23.1. The highest BCUT2D eigenvalue weighted by Gasteiger charge is 2.36. The number of carbonyl (C=O) groups is 3. The number of aromatic nitrogens is 5. The van der Waals surface area contributed by atoms with E-state index in [1.165, 1.54) is 22.4 Å². The Morgan fingerprint density at radius 1 is 0.791 bits per heavy atom. The maximum absolute atomic E-state index is 15.6. The van der Waals surface area contributed by atoms with Crippen molar-refractivity contribution in [3.05, 3.63) is 130 Å². The summed E-state index contributed by atoms with van der Waals surface area (Å²) in [6.45, 7) is 6.54. The summed E-state index contributed by atoms with van der Waals surface area (Å²) in [5.41, 5.74) is 8.09. The van der Waals surface area contributed by atoms with E-state index in [0.717, 1.165) is 84.6 Å². The molecule has 4 saturated heterocycles. The topological polar surface area (TPSA) is 151 Å². The number of likely N-dealkylation sites (tertiary alicyclic amines) is 1. The van der Waals surface area contributed by atoms with Crippen LogP contribution < -0.4 is 30.4 Å². The summed E-state index contributed by atoms with van der Waals surface area (Å²) in [5.74, 6) is -0.711. The molecule has 2 atom stereocenters. The minimum absolute atomic E-state index is 0.0836. The number of ether oxygens (including phenoxy) is 1. The van der Waals surface area contributed by atoms with Crippen LogP contribution in [0.1, 0.15) is 67.6 Å². The van der Waals surface area contributed by atoms with Gasteiger partial charge in [0.15, 0.2) is 0 Å². The summed E-state index contributed by atoms with van der Waals surface area (Å²) in [6.07, 6.45) is 9.28. The van der Waals surface area contributed by atoms with E-state index in [1.807, 2.05) is 48.5 Å². The number of amides is 4. The summed E-state index contributed by atoms with van der Waals surface area (Å²) in [7, 11) is 3.09. The van der Waals surface area contributed by atoms with E-state index >= 15 is 4.39 Å². The van der Waals surface area contributed by atoms with Crippen LogP contribution in [0.5, 0.6) is 6.01 Å². The number of nitrogens with zero attached hydrogens (tertiary/aromatic N) is 9. The molecule has 16 heteroatoms. The molecule has 3 aromatic heterocycles. The highest BCUT2D eigenvalue weighted by Crippen LogP contribution is 2.41. The molecule has 0 bridgehead atoms. The zero-order valence-corrected chi connectivity index (χ0v) is 37.9. The van der Waals surface area contributed by atoms with Gasteiger partial charge >= 0.3 is 17.7 Å². The summed E-state index contributed by atoms with van der Waals surface area (Å²) in [4.78, 5) is 68.8. The third kappa shape index (κ3) is 8.23. The Morgan fingerprint density at radius 2 is 1.58 bits per heavy atom. The molecular formula is C51H53FN10O5. The number of methoxy groups -OCH3 is 1. The summed E-state index contributed by atoms with van der Waals surface area (Å²) < 4.78 is 23.8. The average Bonchev–Trinajstić information content (AvgIpc) is 4.08. The molecule has 4 aliphatic heterocycles. The lowest BCUT2D eigenvalue weighted by atomic mass is 9.88. The predicted octanol–water partition coefficient (Wildman–Crippen LogP) is 6.83.